The van der Waals surface area contributed by atoms with E-state index < -0.39 is 9.84 Å². The Morgan fingerprint density at radius 3 is 2.24 bits per heavy atom. The third kappa shape index (κ3) is 4.54. The van der Waals surface area contributed by atoms with E-state index >= 15 is 0 Å². The number of carbonyl (C=O) groups excluding carboxylic acids is 1. The molecule has 2 atom stereocenters. The Balaban J connectivity index is 1.89. The zero-order chi connectivity index (χ0) is 15.5. The summed E-state index contributed by atoms with van der Waals surface area (Å²) in [6, 6.07) is 0. The molecule has 0 aromatic rings. The standard InChI is InChI=1S/C17H30O3S/c1-3-5-13-8-10-14(11-9-13)17(18)15-6-4-7-16(12-15)21(2,19)20/h13-16H,3-12H2,1-2H3. The summed E-state index contributed by atoms with van der Waals surface area (Å²) in [5, 5.41) is -0.281. The Labute approximate surface area is 129 Å². The molecule has 122 valence electrons. The lowest BCUT2D eigenvalue weighted by atomic mass is 9.73. The van der Waals surface area contributed by atoms with Crippen molar-refractivity contribution in [3.05, 3.63) is 0 Å². The summed E-state index contributed by atoms with van der Waals surface area (Å²) < 4.78 is 23.5. The lowest BCUT2D eigenvalue weighted by molar-refractivity contribution is -0.129. The van der Waals surface area contributed by atoms with Gasteiger partial charge in [-0.05, 0) is 50.9 Å². The van der Waals surface area contributed by atoms with Gasteiger partial charge in [-0.3, -0.25) is 4.79 Å². The highest BCUT2D eigenvalue weighted by molar-refractivity contribution is 7.91. The second-order valence-corrected chi connectivity index (χ2v) is 9.55. The van der Waals surface area contributed by atoms with Crippen LogP contribution < -0.4 is 0 Å². The molecule has 0 radical (unpaired) electrons. The van der Waals surface area contributed by atoms with Crippen LogP contribution in [-0.4, -0.2) is 25.7 Å². The fraction of sp³-hybridized carbons (Fsp3) is 0.941. The molecule has 0 saturated heterocycles. The molecule has 0 spiro atoms. The van der Waals surface area contributed by atoms with Gasteiger partial charge in [-0.1, -0.05) is 26.2 Å². The van der Waals surface area contributed by atoms with E-state index in [4.69, 9.17) is 0 Å². The Morgan fingerprint density at radius 1 is 1.00 bits per heavy atom. The predicted molar refractivity (Wildman–Crippen MR) is 86.0 cm³/mol. The molecular weight excluding hydrogens is 284 g/mol. The van der Waals surface area contributed by atoms with Crippen LogP contribution in [0.5, 0.6) is 0 Å². The maximum Gasteiger partial charge on any atom is 0.150 e. The SMILES string of the molecule is CCCC1CCC(C(=O)C2CCCC(S(C)(=O)=O)C2)CC1. The molecule has 0 bridgehead atoms. The lowest BCUT2D eigenvalue weighted by Gasteiger charge is -2.33. The number of hydrogen-bond donors (Lipinski definition) is 0. The van der Waals surface area contributed by atoms with E-state index in [-0.39, 0.29) is 17.1 Å². The monoisotopic (exact) mass is 314 g/mol. The molecule has 0 aromatic heterocycles. The van der Waals surface area contributed by atoms with Gasteiger partial charge in [0.15, 0.2) is 0 Å². The zero-order valence-corrected chi connectivity index (χ0v) is 14.3. The maximum absolute atomic E-state index is 12.7. The molecule has 2 fully saturated rings. The summed E-state index contributed by atoms with van der Waals surface area (Å²) in [4.78, 5) is 12.7. The quantitative estimate of drug-likeness (QED) is 0.776. The van der Waals surface area contributed by atoms with Crippen LogP contribution in [0.2, 0.25) is 0 Å². The molecule has 3 nitrogen and oxygen atoms in total. The van der Waals surface area contributed by atoms with E-state index in [9.17, 15) is 13.2 Å². The van der Waals surface area contributed by atoms with E-state index in [1.807, 2.05) is 0 Å². The van der Waals surface area contributed by atoms with Crippen molar-refractivity contribution < 1.29 is 13.2 Å². The normalized spacial score (nSPS) is 34.6. The molecule has 2 unspecified atom stereocenters. The number of sulfone groups is 1. The topological polar surface area (TPSA) is 51.2 Å². The number of carbonyl (C=O) groups is 1. The minimum Gasteiger partial charge on any atom is -0.299 e. The van der Waals surface area contributed by atoms with Crippen molar-refractivity contribution >= 4 is 15.6 Å². The molecule has 2 saturated carbocycles. The Hall–Kier alpha value is -0.380. The highest BCUT2D eigenvalue weighted by Gasteiger charge is 2.36. The van der Waals surface area contributed by atoms with Crippen molar-refractivity contribution in [2.24, 2.45) is 17.8 Å². The van der Waals surface area contributed by atoms with Gasteiger partial charge in [0.25, 0.3) is 0 Å². The third-order valence-electron chi connectivity index (χ3n) is 5.58. The van der Waals surface area contributed by atoms with Crippen molar-refractivity contribution in [3.63, 3.8) is 0 Å². The van der Waals surface area contributed by atoms with Crippen LogP contribution in [-0.2, 0) is 14.6 Å². The first-order valence-electron chi connectivity index (χ1n) is 8.64. The largest absolute Gasteiger partial charge is 0.299 e. The third-order valence-corrected chi connectivity index (χ3v) is 7.22. The Kier molecular flexibility index (Phi) is 5.87. The molecule has 2 aliphatic carbocycles. The van der Waals surface area contributed by atoms with E-state index in [1.165, 1.54) is 31.9 Å². The summed E-state index contributed by atoms with van der Waals surface area (Å²) in [6.07, 6.45) is 11.4. The van der Waals surface area contributed by atoms with Gasteiger partial charge in [0, 0.05) is 18.1 Å². The van der Waals surface area contributed by atoms with Crippen molar-refractivity contribution in [1.82, 2.24) is 0 Å². The second kappa shape index (κ2) is 7.26. The van der Waals surface area contributed by atoms with Crippen LogP contribution in [0.3, 0.4) is 0 Å². The van der Waals surface area contributed by atoms with Crippen molar-refractivity contribution in [2.75, 3.05) is 6.26 Å². The van der Waals surface area contributed by atoms with Gasteiger partial charge >= 0.3 is 0 Å². The van der Waals surface area contributed by atoms with E-state index in [2.05, 4.69) is 6.92 Å². The zero-order valence-electron chi connectivity index (χ0n) is 13.5. The molecule has 21 heavy (non-hydrogen) atoms. The van der Waals surface area contributed by atoms with Crippen LogP contribution >= 0.6 is 0 Å². The van der Waals surface area contributed by atoms with E-state index in [0.29, 0.717) is 12.2 Å². The number of Topliss-reactive ketones (excluding diaryl/α,β-unsaturated/α-hetero) is 1. The van der Waals surface area contributed by atoms with E-state index in [0.717, 1.165) is 38.0 Å². The maximum atomic E-state index is 12.7. The first-order chi connectivity index (χ1) is 9.91. The van der Waals surface area contributed by atoms with Gasteiger partial charge in [-0.25, -0.2) is 8.42 Å². The average molecular weight is 314 g/mol. The molecule has 2 aliphatic rings. The molecule has 0 aliphatic heterocycles. The highest BCUT2D eigenvalue weighted by atomic mass is 32.2. The van der Waals surface area contributed by atoms with Gasteiger partial charge in [0.1, 0.15) is 15.6 Å². The summed E-state index contributed by atoms with van der Waals surface area (Å²) >= 11 is 0. The van der Waals surface area contributed by atoms with Gasteiger partial charge in [-0.2, -0.15) is 0 Å². The fourth-order valence-electron chi connectivity index (χ4n) is 4.27. The molecule has 4 heteroatoms. The van der Waals surface area contributed by atoms with Crippen molar-refractivity contribution in [3.8, 4) is 0 Å². The molecule has 0 amide bonds. The lowest BCUT2D eigenvalue weighted by Crippen LogP contribution is -2.35. The van der Waals surface area contributed by atoms with Crippen LogP contribution in [0.15, 0.2) is 0 Å². The van der Waals surface area contributed by atoms with Crippen LogP contribution in [0.4, 0.5) is 0 Å². The van der Waals surface area contributed by atoms with Crippen molar-refractivity contribution in [1.29, 1.82) is 0 Å². The fourth-order valence-corrected chi connectivity index (χ4v) is 5.45. The van der Waals surface area contributed by atoms with Crippen molar-refractivity contribution in [2.45, 2.75) is 76.4 Å². The minimum absolute atomic E-state index is 0.00574. The van der Waals surface area contributed by atoms with Gasteiger partial charge in [0.2, 0.25) is 0 Å². The molecular formula is C17H30O3S. The number of ketones is 1. The Morgan fingerprint density at radius 2 is 1.67 bits per heavy atom. The molecule has 2 rings (SSSR count). The summed E-state index contributed by atoms with van der Waals surface area (Å²) in [6.45, 7) is 2.23. The summed E-state index contributed by atoms with van der Waals surface area (Å²) in [5.41, 5.74) is 0. The highest BCUT2D eigenvalue weighted by Crippen LogP contribution is 2.37. The Bertz CT molecular complexity index is 447. The molecule has 0 aromatic carbocycles. The summed E-state index contributed by atoms with van der Waals surface area (Å²) in [7, 11) is -2.99. The first kappa shape index (κ1) is 17.0. The summed E-state index contributed by atoms with van der Waals surface area (Å²) in [5.74, 6) is 1.40. The average Bonchev–Trinajstić information content (AvgIpc) is 2.47. The van der Waals surface area contributed by atoms with Gasteiger partial charge in [-0.15, -0.1) is 0 Å². The van der Waals surface area contributed by atoms with Crippen LogP contribution in [0, 0.1) is 17.8 Å². The number of hydrogen-bond acceptors (Lipinski definition) is 3. The number of rotatable bonds is 5. The minimum atomic E-state index is -2.99. The predicted octanol–water partition coefficient (Wildman–Crippen LogP) is 3.77. The molecule has 0 N–H and O–H groups in total. The molecule has 0 heterocycles. The van der Waals surface area contributed by atoms with Crippen LogP contribution in [0.1, 0.15) is 71.1 Å². The van der Waals surface area contributed by atoms with Gasteiger partial charge < -0.3 is 0 Å². The smallest absolute Gasteiger partial charge is 0.150 e. The second-order valence-electron chi connectivity index (χ2n) is 7.22. The van der Waals surface area contributed by atoms with Gasteiger partial charge in [0.05, 0.1) is 5.25 Å². The van der Waals surface area contributed by atoms with Crippen LogP contribution in [0.25, 0.3) is 0 Å². The van der Waals surface area contributed by atoms with E-state index in [1.54, 1.807) is 0 Å². The first-order valence-corrected chi connectivity index (χ1v) is 10.6.